The molecule has 0 aliphatic heterocycles. The van der Waals surface area contributed by atoms with Gasteiger partial charge in [0, 0.05) is 15.1 Å². The molecule has 3 aromatic rings. The average molecular weight is 365 g/mol. The van der Waals surface area contributed by atoms with Gasteiger partial charge in [-0.1, -0.05) is 41.4 Å². The molecule has 0 saturated heterocycles. The summed E-state index contributed by atoms with van der Waals surface area (Å²) in [4.78, 5) is 13.0. The van der Waals surface area contributed by atoms with Crippen LogP contribution in [0.2, 0.25) is 10.0 Å². The molecule has 0 N–H and O–H groups in total. The summed E-state index contributed by atoms with van der Waals surface area (Å²) in [5.74, 6) is 0.158. The zero-order valence-electron chi connectivity index (χ0n) is 12.9. The van der Waals surface area contributed by atoms with E-state index in [-0.39, 0.29) is 0 Å². The monoisotopic (exact) mass is 364 g/mol. The van der Waals surface area contributed by atoms with Gasteiger partial charge in [0.2, 0.25) is 0 Å². The van der Waals surface area contributed by atoms with E-state index in [1.54, 1.807) is 12.1 Å². The SMILES string of the molecule is Cc1ccc(C)c(OC(=O)c2sc3cc(Cl)ccc3c2Cl)c1C. The number of hydrogen-bond acceptors (Lipinski definition) is 3. The third-order valence-electron chi connectivity index (χ3n) is 3.85. The van der Waals surface area contributed by atoms with Crippen LogP contribution in [0.25, 0.3) is 10.1 Å². The highest BCUT2D eigenvalue weighted by molar-refractivity contribution is 7.21. The van der Waals surface area contributed by atoms with Gasteiger partial charge in [-0.15, -0.1) is 11.3 Å². The van der Waals surface area contributed by atoms with Gasteiger partial charge in [0.05, 0.1) is 5.02 Å². The van der Waals surface area contributed by atoms with Crippen molar-refractivity contribution < 1.29 is 9.53 Å². The summed E-state index contributed by atoms with van der Waals surface area (Å²) < 4.78 is 6.51. The van der Waals surface area contributed by atoms with E-state index in [4.69, 9.17) is 27.9 Å². The molecular weight excluding hydrogens is 351 g/mol. The fourth-order valence-corrected chi connectivity index (χ4v) is 4.05. The Morgan fingerprint density at radius 1 is 1.04 bits per heavy atom. The molecule has 0 atom stereocenters. The Labute approximate surface area is 148 Å². The van der Waals surface area contributed by atoms with E-state index in [9.17, 15) is 4.79 Å². The van der Waals surface area contributed by atoms with Crippen molar-refractivity contribution in [1.82, 2.24) is 0 Å². The second-order valence-corrected chi connectivity index (χ2v) is 7.30. The minimum absolute atomic E-state index is 0.393. The van der Waals surface area contributed by atoms with E-state index < -0.39 is 5.97 Å². The van der Waals surface area contributed by atoms with Gasteiger partial charge in [-0.2, -0.15) is 0 Å². The van der Waals surface area contributed by atoms with E-state index in [2.05, 4.69) is 0 Å². The van der Waals surface area contributed by atoms with E-state index in [0.29, 0.717) is 20.7 Å². The summed E-state index contributed by atoms with van der Waals surface area (Å²) >= 11 is 13.6. The second-order valence-electron chi connectivity index (χ2n) is 5.43. The first-order chi connectivity index (χ1) is 10.9. The van der Waals surface area contributed by atoms with E-state index in [0.717, 1.165) is 26.8 Å². The van der Waals surface area contributed by atoms with Crippen molar-refractivity contribution in [1.29, 1.82) is 0 Å². The molecule has 0 spiro atoms. The van der Waals surface area contributed by atoms with Gasteiger partial charge in [-0.3, -0.25) is 0 Å². The minimum atomic E-state index is -0.441. The van der Waals surface area contributed by atoms with Crippen LogP contribution in [-0.4, -0.2) is 5.97 Å². The Kier molecular flexibility index (Phi) is 4.37. The third-order valence-corrected chi connectivity index (χ3v) is 5.72. The van der Waals surface area contributed by atoms with Crippen LogP contribution >= 0.6 is 34.5 Å². The zero-order valence-corrected chi connectivity index (χ0v) is 15.2. The first-order valence-electron chi connectivity index (χ1n) is 7.05. The first kappa shape index (κ1) is 16.3. The largest absolute Gasteiger partial charge is 0.422 e. The maximum atomic E-state index is 12.6. The third kappa shape index (κ3) is 2.97. The normalized spacial score (nSPS) is 11.0. The number of aryl methyl sites for hydroxylation is 2. The van der Waals surface area contributed by atoms with Crippen LogP contribution in [0.3, 0.4) is 0 Å². The molecule has 3 rings (SSSR count). The number of hydrogen-bond donors (Lipinski definition) is 0. The van der Waals surface area contributed by atoms with Crippen LogP contribution in [-0.2, 0) is 0 Å². The average Bonchev–Trinajstić information content (AvgIpc) is 2.84. The summed E-state index contributed by atoms with van der Waals surface area (Å²) in [6.45, 7) is 5.85. The number of ether oxygens (including phenoxy) is 1. The predicted octanol–water partition coefficient (Wildman–Crippen LogP) is 6.35. The van der Waals surface area contributed by atoms with Crippen LogP contribution in [0.15, 0.2) is 30.3 Å². The summed E-state index contributed by atoms with van der Waals surface area (Å²) in [6, 6.07) is 9.32. The molecule has 5 heteroatoms. The lowest BCUT2D eigenvalue weighted by molar-refractivity contribution is 0.0737. The van der Waals surface area contributed by atoms with Gasteiger partial charge < -0.3 is 4.74 Å². The number of carbonyl (C=O) groups is 1. The standard InChI is InChI=1S/C18H14Cl2O2S/c1-9-4-5-10(2)16(11(9)3)22-18(21)17-15(20)13-7-6-12(19)8-14(13)23-17/h4-8H,1-3H3. The lowest BCUT2D eigenvalue weighted by atomic mass is 10.1. The fourth-order valence-electron chi connectivity index (χ4n) is 2.39. The molecule has 0 saturated carbocycles. The van der Waals surface area contributed by atoms with Crippen LogP contribution in [0.5, 0.6) is 5.75 Å². The number of rotatable bonds is 2. The van der Waals surface area contributed by atoms with Crippen molar-refractivity contribution in [3.8, 4) is 5.75 Å². The Balaban J connectivity index is 2.02. The molecule has 118 valence electrons. The van der Waals surface area contributed by atoms with Crippen molar-refractivity contribution in [2.24, 2.45) is 0 Å². The van der Waals surface area contributed by atoms with Crippen LogP contribution in [0.4, 0.5) is 0 Å². The fraction of sp³-hybridized carbons (Fsp3) is 0.167. The van der Waals surface area contributed by atoms with Gasteiger partial charge >= 0.3 is 5.97 Å². The topological polar surface area (TPSA) is 26.3 Å². The van der Waals surface area contributed by atoms with E-state index >= 15 is 0 Å². The Bertz CT molecular complexity index is 928. The molecule has 0 aliphatic carbocycles. The van der Waals surface area contributed by atoms with Crippen molar-refractivity contribution in [2.45, 2.75) is 20.8 Å². The molecule has 1 heterocycles. The lowest BCUT2D eigenvalue weighted by Crippen LogP contribution is -2.09. The van der Waals surface area contributed by atoms with Crippen molar-refractivity contribution in [2.75, 3.05) is 0 Å². The molecule has 2 nitrogen and oxygen atoms in total. The Morgan fingerprint density at radius 2 is 1.74 bits per heavy atom. The van der Waals surface area contributed by atoms with E-state index in [1.165, 1.54) is 11.3 Å². The number of benzene rings is 2. The molecule has 0 bridgehead atoms. The first-order valence-corrected chi connectivity index (χ1v) is 8.62. The van der Waals surface area contributed by atoms with Gasteiger partial charge in [0.15, 0.2) is 0 Å². The van der Waals surface area contributed by atoms with E-state index in [1.807, 2.05) is 39.0 Å². The van der Waals surface area contributed by atoms with Gasteiger partial charge in [0.1, 0.15) is 10.6 Å². The highest BCUT2D eigenvalue weighted by Gasteiger charge is 2.21. The molecule has 0 fully saturated rings. The van der Waals surface area contributed by atoms with Gasteiger partial charge in [0.25, 0.3) is 0 Å². The second kappa shape index (κ2) is 6.16. The molecule has 0 amide bonds. The number of fused-ring (bicyclic) bond motifs is 1. The van der Waals surface area contributed by atoms with Crippen molar-refractivity contribution in [3.63, 3.8) is 0 Å². The van der Waals surface area contributed by atoms with Crippen LogP contribution in [0.1, 0.15) is 26.4 Å². The maximum absolute atomic E-state index is 12.6. The molecular formula is C18H14Cl2O2S. The van der Waals surface area contributed by atoms with Gasteiger partial charge in [-0.25, -0.2) is 4.79 Å². The quantitative estimate of drug-likeness (QED) is 0.391. The van der Waals surface area contributed by atoms with Crippen LogP contribution in [0, 0.1) is 20.8 Å². The molecule has 0 unspecified atom stereocenters. The zero-order chi connectivity index (χ0) is 16.7. The highest BCUT2D eigenvalue weighted by atomic mass is 35.5. The number of thiophene rings is 1. The summed E-state index contributed by atoms with van der Waals surface area (Å²) in [5, 5.41) is 1.83. The minimum Gasteiger partial charge on any atom is -0.422 e. The molecule has 2 aromatic carbocycles. The summed E-state index contributed by atoms with van der Waals surface area (Å²) in [5.41, 5.74) is 2.95. The highest BCUT2D eigenvalue weighted by Crippen LogP contribution is 2.38. The number of esters is 1. The molecule has 23 heavy (non-hydrogen) atoms. The summed E-state index contributed by atoms with van der Waals surface area (Å²) in [7, 11) is 0. The van der Waals surface area contributed by atoms with Crippen molar-refractivity contribution in [3.05, 3.63) is 61.9 Å². The Hall–Kier alpha value is -1.55. The van der Waals surface area contributed by atoms with Crippen LogP contribution < -0.4 is 4.74 Å². The number of carbonyl (C=O) groups excluding carboxylic acids is 1. The maximum Gasteiger partial charge on any atom is 0.355 e. The Morgan fingerprint density at radius 3 is 2.48 bits per heavy atom. The molecule has 1 aromatic heterocycles. The van der Waals surface area contributed by atoms with Crippen molar-refractivity contribution >= 4 is 50.6 Å². The smallest absolute Gasteiger partial charge is 0.355 e. The lowest BCUT2D eigenvalue weighted by Gasteiger charge is -2.12. The van der Waals surface area contributed by atoms with Gasteiger partial charge in [-0.05, 0) is 49.6 Å². The molecule has 0 aliphatic rings. The molecule has 0 radical (unpaired) electrons. The predicted molar refractivity (Wildman–Crippen MR) is 97.5 cm³/mol. The number of halogens is 2. The summed E-state index contributed by atoms with van der Waals surface area (Å²) in [6.07, 6.45) is 0.